The molecule has 0 aliphatic rings. The van der Waals surface area contributed by atoms with Crippen LogP contribution in [-0.4, -0.2) is 24.2 Å². The van der Waals surface area contributed by atoms with Gasteiger partial charge in [-0.15, -0.1) is 11.3 Å². The lowest BCUT2D eigenvalue weighted by atomic mass is 10.2. The monoisotopic (exact) mass is 419 g/mol. The quantitative estimate of drug-likeness (QED) is 0.360. The summed E-state index contributed by atoms with van der Waals surface area (Å²) in [6.45, 7) is 0. The van der Waals surface area contributed by atoms with Gasteiger partial charge in [-0.05, 0) is 30.3 Å². The Labute approximate surface area is 175 Å². The van der Waals surface area contributed by atoms with Crippen LogP contribution in [0.3, 0.4) is 0 Å². The van der Waals surface area contributed by atoms with Gasteiger partial charge in [0.15, 0.2) is 5.13 Å². The number of nitrogens with zero attached hydrogens (tertiary/aromatic N) is 2. The number of ether oxygens (including phenoxy) is 2. The summed E-state index contributed by atoms with van der Waals surface area (Å²) in [5, 5.41) is 5.24. The molecule has 0 fully saturated rings. The predicted molar refractivity (Wildman–Crippen MR) is 121 cm³/mol. The number of thiazole rings is 2. The van der Waals surface area contributed by atoms with Gasteiger partial charge >= 0.3 is 0 Å². The molecule has 2 heterocycles. The van der Waals surface area contributed by atoms with Crippen molar-refractivity contribution in [1.29, 1.82) is 0 Å². The number of fused-ring (bicyclic) bond motifs is 2. The summed E-state index contributed by atoms with van der Waals surface area (Å²) >= 11 is 3.25. The molecule has 1 N–H and O–H groups in total. The van der Waals surface area contributed by atoms with Crippen LogP contribution in [0.25, 0.3) is 31.0 Å². The maximum Gasteiger partial charge on any atom is 0.188 e. The van der Waals surface area contributed by atoms with Gasteiger partial charge in [-0.25, -0.2) is 9.97 Å². The Bertz CT molecular complexity index is 1290. The van der Waals surface area contributed by atoms with E-state index >= 15 is 0 Å². The predicted octanol–water partition coefficient (Wildman–Crippen LogP) is 6.33. The van der Waals surface area contributed by atoms with Crippen molar-refractivity contribution in [1.82, 2.24) is 9.97 Å². The van der Waals surface area contributed by atoms with Gasteiger partial charge in [0.2, 0.25) is 0 Å². The molecule has 7 heteroatoms. The molecule has 0 unspecified atom stereocenters. The van der Waals surface area contributed by atoms with Crippen LogP contribution < -0.4 is 14.8 Å². The molecule has 5 rings (SSSR count). The zero-order chi connectivity index (χ0) is 19.8. The van der Waals surface area contributed by atoms with Crippen molar-refractivity contribution in [2.24, 2.45) is 0 Å². The van der Waals surface area contributed by atoms with Gasteiger partial charge in [0.25, 0.3) is 0 Å². The highest BCUT2D eigenvalue weighted by Crippen LogP contribution is 2.39. The van der Waals surface area contributed by atoms with Gasteiger partial charge in [0.1, 0.15) is 22.0 Å². The Kier molecular flexibility index (Phi) is 4.54. The maximum absolute atomic E-state index is 5.49. The molecule has 2 aromatic heterocycles. The maximum atomic E-state index is 5.49. The van der Waals surface area contributed by atoms with Crippen molar-refractivity contribution < 1.29 is 9.47 Å². The summed E-state index contributed by atoms with van der Waals surface area (Å²) < 4.78 is 13.0. The van der Waals surface area contributed by atoms with Gasteiger partial charge < -0.3 is 14.8 Å². The number of para-hydroxylation sites is 2. The largest absolute Gasteiger partial charge is 0.497 e. The molecule has 0 aliphatic carbocycles. The minimum absolute atomic E-state index is 0.697. The number of nitrogens with one attached hydrogen (secondary N) is 1. The summed E-state index contributed by atoms with van der Waals surface area (Å²) in [4.78, 5) is 9.54. The van der Waals surface area contributed by atoms with E-state index in [-0.39, 0.29) is 0 Å². The zero-order valence-corrected chi connectivity index (χ0v) is 17.4. The number of methoxy groups -OCH3 is 2. The van der Waals surface area contributed by atoms with Gasteiger partial charge in [0, 0.05) is 11.6 Å². The Morgan fingerprint density at radius 1 is 0.828 bits per heavy atom. The molecule has 0 amide bonds. The minimum atomic E-state index is 0.697. The fourth-order valence-electron chi connectivity index (χ4n) is 3.18. The van der Waals surface area contributed by atoms with E-state index in [0.29, 0.717) is 5.75 Å². The molecule has 0 aliphatic heterocycles. The van der Waals surface area contributed by atoms with E-state index in [1.165, 1.54) is 4.70 Å². The van der Waals surface area contributed by atoms with Crippen LogP contribution in [0.5, 0.6) is 11.5 Å². The van der Waals surface area contributed by atoms with Gasteiger partial charge in [0.05, 0.1) is 34.8 Å². The molecule has 5 aromatic rings. The van der Waals surface area contributed by atoms with Crippen molar-refractivity contribution in [2.75, 3.05) is 19.5 Å². The second-order valence-corrected chi connectivity index (χ2v) is 8.41. The molecular weight excluding hydrogens is 402 g/mol. The van der Waals surface area contributed by atoms with E-state index < -0.39 is 0 Å². The molecule has 0 saturated carbocycles. The van der Waals surface area contributed by atoms with E-state index in [2.05, 4.69) is 17.4 Å². The fourth-order valence-corrected chi connectivity index (χ4v) is 5.11. The lowest BCUT2D eigenvalue weighted by molar-refractivity contribution is 0.397. The first-order chi connectivity index (χ1) is 14.2. The van der Waals surface area contributed by atoms with Crippen molar-refractivity contribution >= 4 is 53.9 Å². The average molecular weight is 420 g/mol. The third kappa shape index (κ3) is 3.28. The van der Waals surface area contributed by atoms with Crippen LogP contribution in [0.15, 0.2) is 60.7 Å². The first-order valence-corrected chi connectivity index (χ1v) is 10.6. The van der Waals surface area contributed by atoms with Crippen molar-refractivity contribution in [3.05, 3.63) is 60.7 Å². The Balaban J connectivity index is 1.56. The molecule has 0 atom stereocenters. The standard InChI is InChI=1S/C22H17N3O2S2/c1-26-13-11-17(27-2)20-19(12-13)29-22(25-20)24-15-8-4-3-7-14(15)21-23-16-9-5-6-10-18(16)28-21/h3-12H,1-2H3,(H,24,25). The lowest BCUT2D eigenvalue weighted by Crippen LogP contribution is -1.92. The normalized spacial score (nSPS) is 11.1. The molecule has 29 heavy (non-hydrogen) atoms. The van der Waals surface area contributed by atoms with E-state index in [1.54, 1.807) is 36.9 Å². The highest BCUT2D eigenvalue weighted by Gasteiger charge is 2.14. The van der Waals surface area contributed by atoms with Crippen LogP contribution in [0.2, 0.25) is 0 Å². The van der Waals surface area contributed by atoms with Gasteiger partial charge in [-0.1, -0.05) is 35.6 Å². The number of benzene rings is 3. The number of anilines is 2. The Morgan fingerprint density at radius 3 is 2.48 bits per heavy atom. The second kappa shape index (κ2) is 7.35. The van der Waals surface area contributed by atoms with Crippen molar-refractivity contribution in [3.63, 3.8) is 0 Å². The number of rotatable bonds is 5. The van der Waals surface area contributed by atoms with Crippen molar-refractivity contribution in [3.8, 4) is 22.1 Å². The zero-order valence-electron chi connectivity index (χ0n) is 15.8. The fraction of sp³-hybridized carbons (Fsp3) is 0.0909. The van der Waals surface area contributed by atoms with Crippen LogP contribution in [0.1, 0.15) is 0 Å². The number of hydrogen-bond acceptors (Lipinski definition) is 7. The van der Waals surface area contributed by atoms with Crippen LogP contribution in [0.4, 0.5) is 10.8 Å². The van der Waals surface area contributed by atoms with Crippen LogP contribution in [0, 0.1) is 0 Å². The molecule has 144 valence electrons. The molecular formula is C22H17N3O2S2. The summed E-state index contributed by atoms with van der Waals surface area (Å²) in [5.74, 6) is 1.45. The SMILES string of the molecule is COc1cc(OC)c2nc(Nc3ccccc3-c3nc4ccccc4s3)sc2c1. The average Bonchev–Trinajstić information content (AvgIpc) is 3.36. The van der Waals surface area contributed by atoms with Gasteiger partial charge in [-0.3, -0.25) is 0 Å². The lowest BCUT2D eigenvalue weighted by Gasteiger charge is -2.07. The highest BCUT2D eigenvalue weighted by molar-refractivity contribution is 7.22. The van der Waals surface area contributed by atoms with Crippen LogP contribution >= 0.6 is 22.7 Å². The third-order valence-electron chi connectivity index (χ3n) is 4.58. The summed E-state index contributed by atoms with van der Waals surface area (Å²) in [5.41, 5.74) is 3.85. The third-order valence-corrected chi connectivity index (χ3v) is 6.57. The van der Waals surface area contributed by atoms with E-state index in [0.717, 1.165) is 42.9 Å². The molecule has 5 nitrogen and oxygen atoms in total. The number of hydrogen-bond donors (Lipinski definition) is 1. The first-order valence-electron chi connectivity index (χ1n) is 9.00. The molecule has 0 radical (unpaired) electrons. The molecule has 0 spiro atoms. The van der Waals surface area contributed by atoms with E-state index in [9.17, 15) is 0 Å². The van der Waals surface area contributed by atoms with Gasteiger partial charge in [-0.2, -0.15) is 0 Å². The van der Waals surface area contributed by atoms with E-state index in [4.69, 9.17) is 19.4 Å². The topological polar surface area (TPSA) is 56.3 Å². The summed E-state index contributed by atoms with van der Waals surface area (Å²) in [6, 6.07) is 20.2. The Morgan fingerprint density at radius 2 is 1.66 bits per heavy atom. The van der Waals surface area contributed by atoms with Crippen molar-refractivity contribution in [2.45, 2.75) is 0 Å². The minimum Gasteiger partial charge on any atom is -0.497 e. The first kappa shape index (κ1) is 17.9. The molecule has 3 aromatic carbocycles. The summed E-state index contributed by atoms with van der Waals surface area (Å²) in [7, 11) is 3.29. The number of aromatic nitrogens is 2. The highest BCUT2D eigenvalue weighted by atomic mass is 32.1. The van der Waals surface area contributed by atoms with Crippen LogP contribution in [-0.2, 0) is 0 Å². The molecule has 0 bridgehead atoms. The Hall–Kier alpha value is -3.16. The smallest absolute Gasteiger partial charge is 0.188 e. The summed E-state index contributed by atoms with van der Waals surface area (Å²) in [6.07, 6.45) is 0. The molecule has 0 saturated heterocycles. The van der Waals surface area contributed by atoms with E-state index in [1.807, 2.05) is 48.5 Å². The second-order valence-electron chi connectivity index (χ2n) is 6.35.